The van der Waals surface area contributed by atoms with Crippen LogP contribution in [0, 0.1) is 11.8 Å². The van der Waals surface area contributed by atoms with Gasteiger partial charge in [0.25, 0.3) is 0 Å². The van der Waals surface area contributed by atoms with Crippen molar-refractivity contribution in [1.82, 2.24) is 66.5 Å². The summed E-state index contributed by atoms with van der Waals surface area (Å²) >= 11 is 0. The molecule has 1 aromatic heterocycles. The summed E-state index contributed by atoms with van der Waals surface area (Å²) in [5, 5.41) is 36.6. The van der Waals surface area contributed by atoms with Gasteiger partial charge in [-0.2, -0.15) is 0 Å². The molecule has 4 saturated heterocycles. The highest BCUT2D eigenvalue weighted by Gasteiger charge is 2.50. The van der Waals surface area contributed by atoms with Crippen LogP contribution in [0.1, 0.15) is 147 Å². The lowest BCUT2D eigenvalue weighted by Gasteiger charge is -2.34. The monoisotopic (exact) mass is 1430 g/mol. The van der Waals surface area contributed by atoms with Crippen LogP contribution in [0.3, 0.4) is 0 Å². The second kappa shape index (κ2) is 37.9. The molecule has 10 amide bonds. The number of ether oxygens (including phenoxy) is 5. The van der Waals surface area contributed by atoms with E-state index in [1.165, 1.54) is 23.9 Å². The Morgan fingerprint density at radius 2 is 1.07 bits per heavy atom. The van der Waals surface area contributed by atoms with Crippen LogP contribution in [0.2, 0.25) is 0 Å². The molecular formula is C74H105N13O16. The highest BCUT2D eigenvalue weighted by atomic mass is 16.6. The van der Waals surface area contributed by atoms with E-state index in [9.17, 15) is 48.3 Å². The van der Waals surface area contributed by atoms with Gasteiger partial charge in [0.05, 0.1) is 51.4 Å². The second-order valence-electron chi connectivity index (χ2n) is 28.8. The van der Waals surface area contributed by atoms with E-state index in [1.54, 1.807) is 94.6 Å². The highest BCUT2D eigenvalue weighted by Crippen LogP contribution is 2.37. The summed E-state index contributed by atoms with van der Waals surface area (Å²) in [5.74, 6) is -4.82. The van der Waals surface area contributed by atoms with Gasteiger partial charge in [-0.1, -0.05) is 103 Å². The first-order valence-electron chi connectivity index (χ1n) is 35.9. The third kappa shape index (κ3) is 23.0. The van der Waals surface area contributed by atoms with Crippen molar-refractivity contribution in [2.24, 2.45) is 11.8 Å². The first kappa shape index (κ1) is 79.6. The van der Waals surface area contributed by atoms with Crippen LogP contribution in [0.25, 0.3) is 0 Å². The first-order valence-corrected chi connectivity index (χ1v) is 35.9. The molecule has 0 radical (unpaired) electrons. The first-order chi connectivity index (χ1) is 49.2. The van der Waals surface area contributed by atoms with Crippen molar-refractivity contribution in [2.45, 2.75) is 191 Å². The lowest BCUT2D eigenvalue weighted by atomic mass is 9.92. The summed E-state index contributed by atoms with van der Waals surface area (Å²) < 4.78 is 29.6. The minimum atomic E-state index is -1.16. The molecule has 29 heteroatoms. The fourth-order valence-corrected chi connectivity index (χ4v) is 13.7. The summed E-state index contributed by atoms with van der Waals surface area (Å²) in [6.45, 7) is 13.2. The molecule has 562 valence electrons. The Bertz CT molecular complexity index is 3440. The Kier molecular flexibility index (Phi) is 29.3. The molecule has 8 rings (SSSR count). The van der Waals surface area contributed by atoms with Crippen LogP contribution in [0.5, 0.6) is 0 Å². The highest BCUT2D eigenvalue weighted by molar-refractivity contribution is 5.97. The number of hydrogen-bond donors (Lipinski definition) is 7. The van der Waals surface area contributed by atoms with Crippen LogP contribution in [-0.2, 0) is 75.0 Å². The number of carbonyl (C=O) groups excluding carboxylic acids is 10. The van der Waals surface area contributed by atoms with E-state index in [0.717, 1.165) is 16.0 Å². The molecule has 0 aliphatic carbocycles. The maximum Gasteiger partial charge on any atom is 0.410 e. The fourth-order valence-electron chi connectivity index (χ4n) is 13.7. The molecule has 7 N–H and O–H groups in total. The average Bonchev–Trinajstić information content (AvgIpc) is 1.65. The van der Waals surface area contributed by atoms with E-state index in [1.807, 2.05) is 60.7 Å². The number of rotatable bonds is 33. The number of fused-ring (bicyclic) bond motifs is 2. The molecule has 4 aliphatic heterocycles. The molecule has 4 fully saturated rings. The number of benzene rings is 3. The van der Waals surface area contributed by atoms with Gasteiger partial charge >= 0.3 is 12.2 Å². The Morgan fingerprint density at radius 1 is 0.583 bits per heavy atom. The summed E-state index contributed by atoms with van der Waals surface area (Å²) in [5.41, 5.74) is 1.21. The van der Waals surface area contributed by atoms with E-state index in [-0.39, 0.29) is 102 Å². The molecule has 103 heavy (non-hydrogen) atoms. The molecule has 4 aliphatic rings. The Morgan fingerprint density at radius 3 is 1.60 bits per heavy atom. The normalized spacial score (nSPS) is 21.0. The molecular weight excluding hydrogens is 1330 g/mol. The molecule has 5 heterocycles. The van der Waals surface area contributed by atoms with Gasteiger partial charge < -0.3 is 75.4 Å². The topological polar surface area (TPSA) is 353 Å². The van der Waals surface area contributed by atoms with Crippen molar-refractivity contribution in [3.63, 3.8) is 0 Å². The molecule has 0 saturated carbocycles. The molecule has 10 atom stereocenters. The summed E-state index contributed by atoms with van der Waals surface area (Å²) in [7, 11) is 2.89. The van der Waals surface area contributed by atoms with E-state index in [4.69, 9.17) is 23.7 Å². The second-order valence-corrected chi connectivity index (χ2v) is 28.8. The number of aromatic nitrogens is 3. The zero-order valence-electron chi connectivity index (χ0n) is 60.8. The van der Waals surface area contributed by atoms with E-state index in [0.29, 0.717) is 62.6 Å². The van der Waals surface area contributed by atoms with Crippen molar-refractivity contribution < 1.29 is 76.7 Å². The number of likely N-dealkylation sites (N-methyl/N-ethyl adjacent to an activating group) is 2. The number of nitrogens with one attached hydrogen (secondary N) is 6. The van der Waals surface area contributed by atoms with Gasteiger partial charge in [0.1, 0.15) is 54.0 Å². The third-order valence-electron chi connectivity index (χ3n) is 18.8. The van der Waals surface area contributed by atoms with E-state index in [2.05, 4.69) is 42.2 Å². The van der Waals surface area contributed by atoms with Gasteiger partial charge in [0.2, 0.25) is 47.3 Å². The molecule has 4 aromatic rings. The van der Waals surface area contributed by atoms with Gasteiger partial charge in [0, 0.05) is 83.3 Å². The van der Waals surface area contributed by atoms with Gasteiger partial charge in [-0.25, -0.2) is 9.59 Å². The van der Waals surface area contributed by atoms with Crippen LogP contribution in [0.4, 0.5) is 9.59 Å². The minimum absolute atomic E-state index is 0.109. The number of nitrogens with zero attached hydrogens (tertiary/aromatic N) is 7. The lowest BCUT2D eigenvalue weighted by Crippen LogP contribution is -2.59. The Balaban J connectivity index is 0.745. The zero-order valence-corrected chi connectivity index (χ0v) is 60.8. The van der Waals surface area contributed by atoms with Crippen LogP contribution in [-0.4, -0.2) is 233 Å². The summed E-state index contributed by atoms with van der Waals surface area (Å²) in [4.78, 5) is 144. The molecule has 0 bridgehead atoms. The van der Waals surface area contributed by atoms with Crippen molar-refractivity contribution in [3.05, 3.63) is 120 Å². The Hall–Kier alpha value is -9.06. The van der Waals surface area contributed by atoms with Crippen LogP contribution < -0.4 is 31.9 Å². The van der Waals surface area contributed by atoms with E-state index >= 15 is 4.79 Å². The molecule has 3 aromatic carbocycles. The number of hydrogen-bond acceptors (Lipinski definition) is 18. The van der Waals surface area contributed by atoms with Crippen LogP contribution >= 0.6 is 0 Å². The number of aliphatic hydroxyl groups excluding tert-OH is 1. The largest absolute Gasteiger partial charge is 0.444 e. The summed E-state index contributed by atoms with van der Waals surface area (Å²) in [6.07, 6.45) is 4.71. The predicted molar refractivity (Wildman–Crippen MR) is 378 cm³/mol. The average molecular weight is 1430 g/mol. The maximum atomic E-state index is 15.2. The van der Waals surface area contributed by atoms with Gasteiger partial charge in [0.15, 0.2) is 0 Å². The number of amides is 10. The van der Waals surface area contributed by atoms with Gasteiger partial charge in [-0.15, -0.1) is 5.10 Å². The third-order valence-corrected chi connectivity index (χ3v) is 18.8. The standard InChI is InChI=1S/C74H105N13O16/c1-10-56(84(9)72(98)103-74(5,6)7)65(91)80-63-51(26-29-54-31-33-57(86(54)69(63)95)66(92)78-61(48-20-14-11-15-21-48)49-22-16-12-17-23-49)44-85-45-53(81-82-85)28-35-59(89)75-36-38-99-40-42-101-43-41-100-39-37-76-68(94)62(50-24-18-13-19-25-50)79-67(93)58-34-32-55-30-27-52(47-88)64(70(96)87(55)58)77-60(90)46-83(8)71(97)102-73(2,3)4/h11-25,45,51-52,54-58,61-64,88H,10,26-44,46-47H2,1-9H3,(H,75,89)(H,76,94)(H,77,90)(H,78,92)(H,79,93)(H,80,91). The van der Waals surface area contributed by atoms with Gasteiger partial charge in [-0.3, -0.25) is 47.9 Å². The van der Waals surface area contributed by atoms with Crippen molar-refractivity contribution in [2.75, 3.05) is 80.0 Å². The molecule has 10 unspecified atom stereocenters. The van der Waals surface area contributed by atoms with Crippen LogP contribution in [0.15, 0.2) is 97.2 Å². The predicted octanol–water partition coefficient (Wildman–Crippen LogP) is 4.27. The fraction of sp³-hybridized carbons (Fsp3) is 0.595. The lowest BCUT2D eigenvalue weighted by molar-refractivity contribution is -0.144. The number of aliphatic hydroxyl groups is 1. The SMILES string of the molecule is CCC(C(=O)NC1C(=O)N2C(CCC1Cn1cc(CCC(=O)NCCOCCOCCOCCNC(=O)C(NC(=O)C3CCC4CCC(CO)C(NC(=O)CN(C)C(=O)OC(C)(C)C)C(=O)N43)c3ccccc3)nn1)CCC2C(=O)NC(c1ccccc1)c1ccccc1)N(C)C(=O)OC(C)(C)C. The van der Waals surface area contributed by atoms with Crippen molar-refractivity contribution in [1.29, 1.82) is 0 Å². The number of aryl methyl sites for hydroxylation is 1. The smallest absolute Gasteiger partial charge is 0.410 e. The van der Waals surface area contributed by atoms with Crippen molar-refractivity contribution in [3.8, 4) is 0 Å². The molecule has 29 nitrogen and oxygen atoms in total. The van der Waals surface area contributed by atoms with Crippen molar-refractivity contribution >= 4 is 59.4 Å². The van der Waals surface area contributed by atoms with E-state index < -0.39 is 126 Å². The summed E-state index contributed by atoms with van der Waals surface area (Å²) in [6, 6.07) is 20.7. The molecule has 0 spiro atoms. The quantitative estimate of drug-likeness (QED) is 0.0327. The minimum Gasteiger partial charge on any atom is -0.444 e. The van der Waals surface area contributed by atoms with Gasteiger partial charge in [-0.05, 0) is 116 Å². The Labute approximate surface area is 602 Å². The maximum absolute atomic E-state index is 15.2. The zero-order chi connectivity index (χ0) is 74.4. The number of carbonyl (C=O) groups is 10.